The predicted molar refractivity (Wildman–Crippen MR) is 113 cm³/mol. The summed E-state index contributed by atoms with van der Waals surface area (Å²) in [6.07, 6.45) is 2.76. The third-order valence-corrected chi connectivity index (χ3v) is 5.54. The Morgan fingerprint density at radius 1 is 1.38 bits per heavy atom. The molecular formula is C20H25N5O3S. The van der Waals surface area contributed by atoms with E-state index in [1.165, 1.54) is 16.5 Å². The quantitative estimate of drug-likeness (QED) is 0.615. The number of anilines is 1. The van der Waals surface area contributed by atoms with E-state index in [0.717, 1.165) is 36.8 Å². The number of benzene rings is 1. The number of aryl methyl sites for hydroxylation is 1. The molecule has 3 heterocycles. The highest BCUT2D eigenvalue weighted by Crippen LogP contribution is 2.26. The second kappa shape index (κ2) is 8.79. The molecule has 0 unspecified atom stereocenters. The largest absolute Gasteiger partial charge is 0.464 e. The highest BCUT2D eigenvalue weighted by atomic mass is 32.1. The van der Waals surface area contributed by atoms with Crippen molar-refractivity contribution in [3.63, 3.8) is 0 Å². The number of hydrogen-bond acceptors (Lipinski definition) is 7. The van der Waals surface area contributed by atoms with Crippen LogP contribution in [0.4, 0.5) is 5.82 Å². The van der Waals surface area contributed by atoms with Gasteiger partial charge in [-0.3, -0.25) is 4.79 Å². The number of ether oxygens (including phenoxy) is 2. The van der Waals surface area contributed by atoms with Crippen LogP contribution in [-0.2, 0) is 16.0 Å². The molecular weight excluding hydrogens is 390 g/mol. The average molecular weight is 416 g/mol. The van der Waals surface area contributed by atoms with Gasteiger partial charge >= 0.3 is 0 Å². The fourth-order valence-corrected chi connectivity index (χ4v) is 4.12. The lowest BCUT2D eigenvalue weighted by molar-refractivity contribution is -0.123. The van der Waals surface area contributed by atoms with Gasteiger partial charge in [-0.05, 0) is 31.4 Å². The SMILES string of the molecule is Cc1cccc2c(C[C@@H](C)NC(=O)COc3nsnc3N3CCOCC3)c[nH]c12. The molecule has 0 radical (unpaired) electrons. The summed E-state index contributed by atoms with van der Waals surface area (Å²) in [5.74, 6) is 0.926. The molecule has 0 spiro atoms. The molecule has 1 saturated heterocycles. The van der Waals surface area contributed by atoms with E-state index in [0.29, 0.717) is 24.9 Å². The molecule has 9 heteroatoms. The van der Waals surface area contributed by atoms with Crippen molar-refractivity contribution in [2.75, 3.05) is 37.8 Å². The van der Waals surface area contributed by atoms with E-state index < -0.39 is 0 Å². The van der Waals surface area contributed by atoms with Crippen LogP contribution in [0.25, 0.3) is 10.9 Å². The smallest absolute Gasteiger partial charge is 0.271 e. The number of carbonyl (C=O) groups is 1. The second-order valence-corrected chi connectivity index (χ2v) is 7.79. The number of rotatable bonds is 7. The van der Waals surface area contributed by atoms with Crippen molar-refractivity contribution in [2.24, 2.45) is 0 Å². The van der Waals surface area contributed by atoms with E-state index >= 15 is 0 Å². The highest BCUT2D eigenvalue weighted by Gasteiger charge is 2.21. The number of para-hydroxylation sites is 1. The van der Waals surface area contributed by atoms with Crippen molar-refractivity contribution in [3.05, 3.63) is 35.5 Å². The Morgan fingerprint density at radius 2 is 2.21 bits per heavy atom. The summed E-state index contributed by atoms with van der Waals surface area (Å²) >= 11 is 1.09. The molecule has 2 aromatic heterocycles. The predicted octanol–water partition coefficient (Wildman–Crippen LogP) is 2.29. The van der Waals surface area contributed by atoms with Crippen LogP contribution in [0, 0.1) is 6.92 Å². The number of nitrogens with one attached hydrogen (secondary N) is 2. The average Bonchev–Trinajstić information content (AvgIpc) is 3.35. The van der Waals surface area contributed by atoms with Crippen molar-refractivity contribution in [2.45, 2.75) is 26.3 Å². The number of fused-ring (bicyclic) bond motifs is 1. The Hall–Kier alpha value is -2.65. The zero-order valence-electron chi connectivity index (χ0n) is 16.6. The minimum absolute atomic E-state index is 0.0158. The molecule has 2 N–H and O–H groups in total. The van der Waals surface area contributed by atoms with Gasteiger partial charge in [0.05, 0.1) is 24.9 Å². The Morgan fingerprint density at radius 3 is 3.03 bits per heavy atom. The summed E-state index contributed by atoms with van der Waals surface area (Å²) in [6, 6.07) is 6.23. The molecule has 1 aliphatic rings. The summed E-state index contributed by atoms with van der Waals surface area (Å²) in [5, 5.41) is 4.20. The number of H-pyrrole nitrogens is 1. The van der Waals surface area contributed by atoms with Crippen LogP contribution < -0.4 is 15.0 Å². The number of nitrogens with zero attached hydrogens (tertiary/aromatic N) is 3. The van der Waals surface area contributed by atoms with Crippen molar-refractivity contribution in [1.82, 2.24) is 19.0 Å². The van der Waals surface area contributed by atoms with Crippen LogP contribution in [-0.4, -0.2) is 58.6 Å². The molecule has 1 atom stereocenters. The number of carbonyl (C=O) groups excluding carboxylic acids is 1. The number of morpholine rings is 1. The van der Waals surface area contributed by atoms with Gasteiger partial charge in [-0.15, -0.1) is 4.37 Å². The van der Waals surface area contributed by atoms with Gasteiger partial charge in [0.15, 0.2) is 6.61 Å². The summed E-state index contributed by atoms with van der Waals surface area (Å²) in [5.41, 5.74) is 3.55. The summed E-state index contributed by atoms with van der Waals surface area (Å²) in [6.45, 7) is 6.80. The molecule has 0 saturated carbocycles. The lowest BCUT2D eigenvalue weighted by Crippen LogP contribution is -2.38. The van der Waals surface area contributed by atoms with Gasteiger partial charge in [0.25, 0.3) is 11.8 Å². The monoisotopic (exact) mass is 415 g/mol. The zero-order valence-corrected chi connectivity index (χ0v) is 17.4. The van der Waals surface area contributed by atoms with Gasteiger partial charge < -0.3 is 24.7 Å². The molecule has 154 valence electrons. The first-order valence-electron chi connectivity index (χ1n) is 9.75. The first-order valence-corrected chi connectivity index (χ1v) is 10.5. The Labute approximate surface area is 173 Å². The third kappa shape index (κ3) is 4.51. The van der Waals surface area contributed by atoms with Gasteiger partial charge in [-0.2, -0.15) is 4.37 Å². The van der Waals surface area contributed by atoms with E-state index in [1.807, 2.05) is 13.1 Å². The van der Waals surface area contributed by atoms with E-state index in [2.05, 4.69) is 49.1 Å². The molecule has 3 aromatic rings. The zero-order chi connectivity index (χ0) is 20.2. The molecule has 4 rings (SSSR count). The number of aromatic amines is 1. The Bertz CT molecular complexity index is 980. The standard InChI is InChI=1S/C20H25N5O3S/c1-13-4-3-5-16-15(11-21-18(13)16)10-14(2)22-17(26)12-28-20-19(23-29-24-20)25-6-8-27-9-7-25/h3-5,11,14,21H,6-10,12H2,1-2H3,(H,22,26)/t14-/m1/s1. The van der Waals surface area contributed by atoms with Gasteiger partial charge in [-0.1, -0.05) is 18.2 Å². The van der Waals surface area contributed by atoms with Crippen molar-refractivity contribution < 1.29 is 14.3 Å². The fourth-order valence-electron chi connectivity index (χ4n) is 3.60. The molecule has 1 fully saturated rings. The second-order valence-electron chi connectivity index (χ2n) is 7.27. The van der Waals surface area contributed by atoms with E-state index in [9.17, 15) is 4.79 Å². The van der Waals surface area contributed by atoms with E-state index in [1.54, 1.807) is 0 Å². The van der Waals surface area contributed by atoms with Gasteiger partial charge in [0, 0.05) is 36.2 Å². The molecule has 8 nitrogen and oxygen atoms in total. The van der Waals surface area contributed by atoms with Crippen LogP contribution in [0.5, 0.6) is 5.88 Å². The van der Waals surface area contributed by atoms with Gasteiger partial charge in [-0.25, -0.2) is 0 Å². The fraction of sp³-hybridized carbons (Fsp3) is 0.450. The minimum atomic E-state index is -0.172. The maximum Gasteiger partial charge on any atom is 0.271 e. The Balaban J connectivity index is 1.31. The summed E-state index contributed by atoms with van der Waals surface area (Å²) in [4.78, 5) is 17.8. The van der Waals surface area contributed by atoms with Crippen LogP contribution in [0.2, 0.25) is 0 Å². The van der Waals surface area contributed by atoms with Crippen molar-refractivity contribution in [1.29, 1.82) is 0 Å². The van der Waals surface area contributed by atoms with E-state index in [4.69, 9.17) is 9.47 Å². The molecule has 1 aromatic carbocycles. The minimum Gasteiger partial charge on any atom is -0.464 e. The lowest BCUT2D eigenvalue weighted by atomic mass is 10.0. The number of aromatic nitrogens is 3. The highest BCUT2D eigenvalue weighted by molar-refractivity contribution is 6.99. The van der Waals surface area contributed by atoms with Crippen LogP contribution in [0.15, 0.2) is 24.4 Å². The molecule has 0 bridgehead atoms. The maximum absolute atomic E-state index is 12.4. The van der Waals surface area contributed by atoms with Crippen LogP contribution in [0.1, 0.15) is 18.1 Å². The topological polar surface area (TPSA) is 92.4 Å². The normalized spacial score (nSPS) is 15.4. The van der Waals surface area contributed by atoms with Crippen molar-refractivity contribution >= 4 is 34.4 Å². The van der Waals surface area contributed by atoms with Crippen LogP contribution in [0.3, 0.4) is 0 Å². The maximum atomic E-state index is 12.4. The number of amides is 1. The van der Waals surface area contributed by atoms with Gasteiger partial charge in [0.1, 0.15) is 0 Å². The van der Waals surface area contributed by atoms with E-state index in [-0.39, 0.29) is 18.6 Å². The van der Waals surface area contributed by atoms with Crippen LogP contribution >= 0.6 is 11.7 Å². The first kappa shape index (κ1) is 19.7. The number of hydrogen-bond donors (Lipinski definition) is 2. The molecule has 29 heavy (non-hydrogen) atoms. The third-order valence-electron chi connectivity index (χ3n) is 5.04. The lowest BCUT2D eigenvalue weighted by Gasteiger charge is -2.26. The molecule has 1 aliphatic heterocycles. The van der Waals surface area contributed by atoms with Crippen molar-refractivity contribution in [3.8, 4) is 5.88 Å². The van der Waals surface area contributed by atoms with Gasteiger partial charge in [0.2, 0.25) is 5.82 Å². The molecule has 1 amide bonds. The summed E-state index contributed by atoms with van der Waals surface area (Å²) in [7, 11) is 0. The first-order chi connectivity index (χ1) is 14.1. The summed E-state index contributed by atoms with van der Waals surface area (Å²) < 4.78 is 19.5. The Kier molecular flexibility index (Phi) is 5.96. The molecule has 0 aliphatic carbocycles.